The maximum Gasteiger partial charge on any atom is 0.341 e. The molecule has 0 saturated heterocycles. The number of esters is 3. The van der Waals surface area contributed by atoms with Crippen LogP contribution in [0.1, 0.15) is 213 Å². The molecule has 0 bridgehead atoms. The van der Waals surface area contributed by atoms with Crippen molar-refractivity contribution in [2.75, 3.05) is 21.3 Å². The van der Waals surface area contributed by atoms with Crippen LogP contribution in [0.2, 0.25) is 0 Å². The van der Waals surface area contributed by atoms with Crippen LogP contribution in [-0.4, -0.2) is 45.0 Å². The Morgan fingerprint density at radius 2 is 0.909 bits per heavy atom. The third kappa shape index (κ3) is 18.1. The van der Waals surface area contributed by atoms with E-state index >= 15 is 0 Å². The van der Waals surface area contributed by atoms with Crippen LogP contribution in [0.25, 0.3) is 0 Å². The van der Waals surface area contributed by atoms with Gasteiger partial charge in [0.25, 0.3) is 0 Å². The molecule has 7 heteroatoms. The molecule has 55 heavy (non-hydrogen) atoms. The molecule has 4 atom stereocenters. The van der Waals surface area contributed by atoms with Crippen molar-refractivity contribution >= 4 is 23.7 Å². The quantitative estimate of drug-likeness (QED) is 0.0215. The minimum absolute atomic E-state index is 0.0692. The molecule has 0 aromatic rings. The maximum absolute atomic E-state index is 14.3. The highest BCUT2D eigenvalue weighted by molar-refractivity contribution is 6.20. The molecule has 316 valence electrons. The first-order chi connectivity index (χ1) is 26.9. The van der Waals surface area contributed by atoms with Crippen molar-refractivity contribution in [3.63, 3.8) is 0 Å². The normalized spacial score (nSPS) is 19.6. The number of rotatable bonds is 33. The van der Waals surface area contributed by atoms with Gasteiger partial charge >= 0.3 is 17.9 Å². The van der Waals surface area contributed by atoms with Gasteiger partial charge in [0.1, 0.15) is 5.57 Å². The van der Waals surface area contributed by atoms with E-state index in [0.29, 0.717) is 19.3 Å². The minimum Gasteiger partial charge on any atom is -0.469 e. The van der Waals surface area contributed by atoms with Gasteiger partial charge in [0.05, 0.1) is 33.2 Å². The van der Waals surface area contributed by atoms with Gasteiger partial charge in [-0.05, 0) is 38.0 Å². The molecular formula is C48H82O7. The van der Waals surface area contributed by atoms with E-state index in [1.165, 1.54) is 163 Å². The summed E-state index contributed by atoms with van der Waals surface area (Å²) < 4.78 is 15.7. The second-order valence-electron chi connectivity index (χ2n) is 16.7. The monoisotopic (exact) mass is 771 g/mol. The van der Waals surface area contributed by atoms with Crippen LogP contribution < -0.4 is 0 Å². The average Bonchev–Trinajstić information content (AvgIpc) is 3.19. The molecule has 0 aromatic heterocycles. The van der Waals surface area contributed by atoms with E-state index in [1.807, 2.05) is 0 Å². The van der Waals surface area contributed by atoms with Gasteiger partial charge in [-0.15, -0.1) is 0 Å². The van der Waals surface area contributed by atoms with E-state index < -0.39 is 41.4 Å². The van der Waals surface area contributed by atoms with E-state index in [1.54, 1.807) is 6.08 Å². The molecule has 0 N–H and O–H groups in total. The summed E-state index contributed by atoms with van der Waals surface area (Å²) >= 11 is 0. The Morgan fingerprint density at radius 3 is 1.29 bits per heavy atom. The lowest BCUT2D eigenvalue weighted by Gasteiger charge is -2.43. The molecule has 0 fully saturated rings. The molecule has 2 aliphatic rings. The van der Waals surface area contributed by atoms with Crippen molar-refractivity contribution in [1.82, 2.24) is 0 Å². The van der Waals surface area contributed by atoms with Gasteiger partial charge < -0.3 is 14.2 Å². The molecule has 0 heterocycles. The highest BCUT2D eigenvalue weighted by atomic mass is 16.5. The smallest absolute Gasteiger partial charge is 0.341 e. The summed E-state index contributed by atoms with van der Waals surface area (Å²) in [5.41, 5.74) is 1.69. The van der Waals surface area contributed by atoms with Crippen molar-refractivity contribution in [3.8, 4) is 0 Å². The highest BCUT2D eigenvalue weighted by Crippen LogP contribution is 2.49. The number of hydrogen-bond donors (Lipinski definition) is 0. The average molecular weight is 771 g/mol. The number of carbonyl (C=O) groups excluding carboxylic acids is 4. The van der Waals surface area contributed by atoms with Gasteiger partial charge in [0.2, 0.25) is 0 Å². The van der Waals surface area contributed by atoms with Gasteiger partial charge in [-0.25, -0.2) is 4.79 Å². The Hall–Kier alpha value is -2.44. The fourth-order valence-corrected chi connectivity index (χ4v) is 9.19. The zero-order valence-electron chi connectivity index (χ0n) is 36.2. The number of ether oxygens (including phenoxy) is 3. The third-order valence-corrected chi connectivity index (χ3v) is 12.4. The van der Waals surface area contributed by atoms with Crippen molar-refractivity contribution in [3.05, 3.63) is 22.8 Å². The fraction of sp³-hybridized carbons (Fsp3) is 0.833. The summed E-state index contributed by atoms with van der Waals surface area (Å²) in [6.07, 6.45) is 38.7. The first-order valence-electron chi connectivity index (χ1n) is 23.1. The van der Waals surface area contributed by atoms with E-state index in [2.05, 4.69) is 13.8 Å². The van der Waals surface area contributed by atoms with Gasteiger partial charge in [0, 0.05) is 5.92 Å². The Kier molecular flexibility index (Phi) is 27.2. The summed E-state index contributed by atoms with van der Waals surface area (Å²) in [5.74, 6) is -4.76. The first kappa shape index (κ1) is 48.7. The lowest BCUT2D eigenvalue weighted by Crippen LogP contribution is -2.48. The molecule has 7 nitrogen and oxygen atoms in total. The number of hydrogen-bond acceptors (Lipinski definition) is 7. The zero-order valence-corrected chi connectivity index (χ0v) is 36.2. The predicted octanol–water partition coefficient (Wildman–Crippen LogP) is 12.9. The third-order valence-electron chi connectivity index (χ3n) is 12.4. The molecule has 0 amide bonds. The van der Waals surface area contributed by atoms with Crippen molar-refractivity contribution in [2.45, 2.75) is 213 Å². The summed E-state index contributed by atoms with van der Waals surface area (Å²) in [6, 6.07) is 0. The zero-order chi connectivity index (χ0) is 40.1. The molecule has 0 unspecified atom stereocenters. The molecule has 0 spiro atoms. The van der Waals surface area contributed by atoms with Crippen LogP contribution in [0.4, 0.5) is 0 Å². The van der Waals surface area contributed by atoms with Crippen molar-refractivity contribution in [1.29, 1.82) is 0 Å². The summed E-state index contributed by atoms with van der Waals surface area (Å²) in [5, 5.41) is 0. The number of ketones is 1. The Labute approximate surface area is 336 Å². The number of unbranched alkanes of at least 4 members (excludes halogenated alkanes) is 26. The van der Waals surface area contributed by atoms with Crippen LogP contribution in [0, 0.1) is 23.7 Å². The minimum atomic E-state index is -0.870. The summed E-state index contributed by atoms with van der Waals surface area (Å²) in [4.78, 5) is 54.1. The second kappa shape index (κ2) is 30.7. The Balaban J connectivity index is 1.96. The molecule has 0 aromatic carbocycles. The molecule has 0 radical (unpaired) electrons. The largest absolute Gasteiger partial charge is 0.469 e. The van der Waals surface area contributed by atoms with Crippen molar-refractivity contribution < 1.29 is 33.4 Å². The summed E-state index contributed by atoms with van der Waals surface area (Å²) in [7, 11) is 4.02. The lowest BCUT2D eigenvalue weighted by atomic mass is 9.59. The predicted molar refractivity (Wildman–Crippen MR) is 225 cm³/mol. The van der Waals surface area contributed by atoms with E-state index in [0.717, 1.165) is 49.7 Å². The number of carbonyl (C=O) groups is 4. The first-order valence-corrected chi connectivity index (χ1v) is 23.1. The summed E-state index contributed by atoms with van der Waals surface area (Å²) in [6.45, 7) is 4.53. The number of Topliss-reactive ketones (excluding diaryl/α,β-unsaturated/α-hetero) is 1. The van der Waals surface area contributed by atoms with Gasteiger partial charge in [-0.2, -0.15) is 0 Å². The standard InChI is InChI=1S/C48H82O7/c1-6-8-10-12-14-16-18-20-22-24-26-28-30-32-34-38-37-41(46(50)53-3)44-40(42(38)47(51)54-4)36-39(43(45(44)49)48(52)55-5)35-33-31-29-27-25-23-21-19-17-15-13-11-9-7-2/h37,40-42,44H,6-36H2,1-5H3/t40-,41+,42+,44+/m0/s1. The lowest BCUT2D eigenvalue weighted by molar-refractivity contribution is -0.155. The van der Waals surface area contributed by atoms with E-state index in [9.17, 15) is 19.2 Å². The van der Waals surface area contributed by atoms with Gasteiger partial charge in [0.15, 0.2) is 5.78 Å². The van der Waals surface area contributed by atoms with Crippen LogP contribution in [0.3, 0.4) is 0 Å². The second-order valence-corrected chi connectivity index (χ2v) is 16.7. The molecule has 2 rings (SSSR count). The van der Waals surface area contributed by atoms with Crippen LogP contribution in [-0.2, 0) is 33.4 Å². The van der Waals surface area contributed by atoms with Gasteiger partial charge in [-0.3, -0.25) is 14.4 Å². The van der Waals surface area contributed by atoms with Crippen molar-refractivity contribution in [2.24, 2.45) is 23.7 Å². The number of allylic oxidation sites excluding steroid dienone is 1. The molecule has 0 saturated carbocycles. The molecule has 2 aliphatic carbocycles. The SMILES string of the molecule is CCCCCCCCCCCCCCCCC1=C[C@@H](C(=O)OC)[C@@H]2C(=O)C(C(=O)OC)=C(CCCCCCCCCCCCCCCC)C[C@H]2[C@@H]1C(=O)OC. The van der Waals surface area contributed by atoms with Crippen LogP contribution >= 0.6 is 0 Å². The Morgan fingerprint density at radius 1 is 0.527 bits per heavy atom. The number of methoxy groups -OCH3 is 3. The van der Waals surface area contributed by atoms with Crippen LogP contribution in [0.5, 0.6) is 0 Å². The fourth-order valence-electron chi connectivity index (χ4n) is 9.19. The van der Waals surface area contributed by atoms with E-state index in [-0.39, 0.29) is 11.5 Å². The molecule has 0 aliphatic heterocycles. The van der Waals surface area contributed by atoms with E-state index in [4.69, 9.17) is 14.2 Å². The maximum atomic E-state index is 14.3. The number of fused-ring (bicyclic) bond motifs is 1. The van der Waals surface area contributed by atoms with Gasteiger partial charge in [-0.1, -0.05) is 198 Å². The Bertz CT molecular complexity index is 1150. The van der Waals surface area contributed by atoms with Crippen LogP contribution in [0.15, 0.2) is 22.8 Å². The highest BCUT2D eigenvalue weighted by Gasteiger charge is 2.53. The topological polar surface area (TPSA) is 96.0 Å². The molecular weight excluding hydrogens is 689 g/mol.